The third-order valence-corrected chi connectivity index (χ3v) is 5.21. The SMILES string of the molecule is COc1ccccc1[C@]1(O)CCC[C@@H]2CN(C(C)=O)C[C@H]21. The van der Waals surface area contributed by atoms with Gasteiger partial charge in [0.15, 0.2) is 0 Å². The molecule has 21 heavy (non-hydrogen) atoms. The summed E-state index contributed by atoms with van der Waals surface area (Å²) in [4.78, 5) is 13.6. The Balaban J connectivity index is 1.97. The van der Waals surface area contributed by atoms with Gasteiger partial charge < -0.3 is 14.7 Å². The minimum absolute atomic E-state index is 0.103. The molecule has 2 fully saturated rings. The average molecular weight is 289 g/mol. The van der Waals surface area contributed by atoms with Crippen molar-refractivity contribution in [3.8, 4) is 5.75 Å². The number of methoxy groups -OCH3 is 1. The van der Waals surface area contributed by atoms with Crippen LogP contribution in [-0.4, -0.2) is 36.1 Å². The van der Waals surface area contributed by atoms with Gasteiger partial charge in [-0.05, 0) is 31.2 Å². The van der Waals surface area contributed by atoms with Crippen molar-refractivity contribution in [1.29, 1.82) is 0 Å². The van der Waals surface area contributed by atoms with E-state index in [0.29, 0.717) is 12.5 Å². The number of hydrogen-bond acceptors (Lipinski definition) is 3. The number of carbonyl (C=O) groups excluding carboxylic acids is 1. The number of amides is 1. The molecule has 1 heterocycles. The predicted molar refractivity (Wildman–Crippen MR) is 80.0 cm³/mol. The van der Waals surface area contributed by atoms with E-state index in [1.54, 1.807) is 14.0 Å². The fourth-order valence-electron chi connectivity index (χ4n) is 4.12. The quantitative estimate of drug-likeness (QED) is 0.907. The number of ether oxygens (including phenoxy) is 1. The highest BCUT2D eigenvalue weighted by molar-refractivity contribution is 5.73. The van der Waals surface area contributed by atoms with E-state index < -0.39 is 5.60 Å². The van der Waals surface area contributed by atoms with Crippen molar-refractivity contribution in [2.24, 2.45) is 11.8 Å². The Morgan fingerprint density at radius 2 is 2.14 bits per heavy atom. The van der Waals surface area contributed by atoms with Gasteiger partial charge >= 0.3 is 0 Å². The van der Waals surface area contributed by atoms with Crippen LogP contribution in [0.2, 0.25) is 0 Å². The molecule has 3 atom stereocenters. The lowest BCUT2D eigenvalue weighted by Crippen LogP contribution is -2.43. The number of carbonyl (C=O) groups is 1. The van der Waals surface area contributed by atoms with Gasteiger partial charge in [0, 0.05) is 31.5 Å². The lowest BCUT2D eigenvalue weighted by Gasteiger charge is -2.41. The molecule has 2 aliphatic rings. The predicted octanol–water partition coefficient (Wildman–Crippen LogP) is 2.16. The van der Waals surface area contributed by atoms with Crippen molar-refractivity contribution in [2.75, 3.05) is 20.2 Å². The van der Waals surface area contributed by atoms with Gasteiger partial charge in [0.1, 0.15) is 5.75 Å². The van der Waals surface area contributed by atoms with Gasteiger partial charge in [-0.25, -0.2) is 0 Å². The van der Waals surface area contributed by atoms with Crippen LogP contribution in [0, 0.1) is 11.8 Å². The number of likely N-dealkylation sites (tertiary alicyclic amines) is 1. The molecule has 3 rings (SSSR count). The molecular weight excluding hydrogens is 266 g/mol. The van der Waals surface area contributed by atoms with Crippen LogP contribution in [0.4, 0.5) is 0 Å². The third kappa shape index (κ3) is 2.31. The Bertz CT molecular complexity index is 545. The van der Waals surface area contributed by atoms with E-state index in [9.17, 15) is 9.90 Å². The molecule has 1 aliphatic carbocycles. The molecule has 0 spiro atoms. The number of rotatable bonds is 2. The number of para-hydroxylation sites is 1. The molecule has 1 aromatic carbocycles. The lowest BCUT2D eigenvalue weighted by molar-refractivity contribution is -0.128. The fourth-order valence-corrected chi connectivity index (χ4v) is 4.12. The largest absolute Gasteiger partial charge is 0.496 e. The molecule has 4 heteroatoms. The zero-order valence-electron chi connectivity index (χ0n) is 12.7. The van der Waals surface area contributed by atoms with Crippen molar-refractivity contribution in [3.63, 3.8) is 0 Å². The first kappa shape index (κ1) is 14.4. The molecule has 0 aromatic heterocycles. The Morgan fingerprint density at radius 1 is 1.38 bits per heavy atom. The molecule has 4 nitrogen and oxygen atoms in total. The lowest BCUT2D eigenvalue weighted by atomic mass is 9.67. The summed E-state index contributed by atoms with van der Waals surface area (Å²) in [5.74, 6) is 1.33. The van der Waals surface area contributed by atoms with Crippen molar-refractivity contribution in [1.82, 2.24) is 4.90 Å². The minimum Gasteiger partial charge on any atom is -0.496 e. The smallest absolute Gasteiger partial charge is 0.219 e. The molecule has 114 valence electrons. The molecule has 0 radical (unpaired) electrons. The van der Waals surface area contributed by atoms with Crippen molar-refractivity contribution in [2.45, 2.75) is 31.8 Å². The molecule has 1 saturated carbocycles. The van der Waals surface area contributed by atoms with Gasteiger partial charge in [-0.15, -0.1) is 0 Å². The molecule has 1 saturated heterocycles. The number of benzene rings is 1. The molecule has 1 N–H and O–H groups in total. The summed E-state index contributed by atoms with van der Waals surface area (Å²) in [5, 5.41) is 11.4. The van der Waals surface area contributed by atoms with Gasteiger partial charge in [0.05, 0.1) is 12.7 Å². The van der Waals surface area contributed by atoms with Crippen LogP contribution < -0.4 is 4.74 Å². The van der Waals surface area contributed by atoms with Crippen LogP contribution in [-0.2, 0) is 10.4 Å². The summed E-state index contributed by atoms with van der Waals surface area (Å²) in [6, 6.07) is 7.71. The summed E-state index contributed by atoms with van der Waals surface area (Å²) in [6.45, 7) is 3.03. The summed E-state index contributed by atoms with van der Waals surface area (Å²) >= 11 is 0. The summed E-state index contributed by atoms with van der Waals surface area (Å²) < 4.78 is 5.45. The molecular formula is C17H23NO3. The maximum Gasteiger partial charge on any atom is 0.219 e. The van der Waals surface area contributed by atoms with E-state index in [1.165, 1.54) is 0 Å². The number of hydrogen-bond donors (Lipinski definition) is 1. The fraction of sp³-hybridized carbons (Fsp3) is 0.588. The zero-order valence-corrected chi connectivity index (χ0v) is 12.7. The van der Waals surface area contributed by atoms with Gasteiger partial charge in [-0.1, -0.05) is 18.2 Å². The first-order valence-electron chi connectivity index (χ1n) is 7.67. The minimum atomic E-state index is -0.889. The molecule has 0 unspecified atom stereocenters. The molecule has 1 aromatic rings. The van der Waals surface area contributed by atoms with Crippen LogP contribution in [0.5, 0.6) is 5.75 Å². The van der Waals surface area contributed by atoms with E-state index in [2.05, 4.69) is 0 Å². The van der Waals surface area contributed by atoms with E-state index >= 15 is 0 Å². The van der Waals surface area contributed by atoms with E-state index in [-0.39, 0.29) is 11.8 Å². The van der Waals surface area contributed by atoms with Crippen molar-refractivity contribution >= 4 is 5.91 Å². The second kappa shape index (κ2) is 5.34. The summed E-state index contributed by atoms with van der Waals surface area (Å²) in [7, 11) is 1.64. The first-order valence-corrected chi connectivity index (χ1v) is 7.67. The van der Waals surface area contributed by atoms with Crippen LogP contribution in [0.1, 0.15) is 31.7 Å². The van der Waals surface area contributed by atoms with Crippen molar-refractivity contribution < 1.29 is 14.6 Å². The monoisotopic (exact) mass is 289 g/mol. The van der Waals surface area contributed by atoms with Crippen LogP contribution in [0.15, 0.2) is 24.3 Å². The van der Waals surface area contributed by atoms with Crippen LogP contribution in [0.3, 0.4) is 0 Å². The Labute approximate surface area is 125 Å². The number of nitrogens with zero attached hydrogens (tertiary/aromatic N) is 1. The molecule has 1 amide bonds. The normalized spacial score (nSPS) is 31.9. The number of fused-ring (bicyclic) bond motifs is 1. The Hall–Kier alpha value is -1.55. The maximum absolute atomic E-state index is 11.7. The topological polar surface area (TPSA) is 49.8 Å². The van der Waals surface area contributed by atoms with Gasteiger partial charge in [0.25, 0.3) is 0 Å². The molecule has 1 aliphatic heterocycles. The van der Waals surface area contributed by atoms with Crippen LogP contribution >= 0.6 is 0 Å². The number of aliphatic hydroxyl groups is 1. The Kier molecular flexibility index (Phi) is 3.66. The maximum atomic E-state index is 11.7. The van der Waals surface area contributed by atoms with E-state index in [1.807, 2.05) is 29.2 Å². The highest BCUT2D eigenvalue weighted by Gasteiger charge is 2.51. The zero-order chi connectivity index (χ0) is 15.0. The summed E-state index contributed by atoms with van der Waals surface area (Å²) in [5.41, 5.74) is -0.0210. The highest BCUT2D eigenvalue weighted by Crippen LogP contribution is 2.50. The van der Waals surface area contributed by atoms with Crippen molar-refractivity contribution in [3.05, 3.63) is 29.8 Å². The average Bonchev–Trinajstić information content (AvgIpc) is 2.93. The molecule has 0 bridgehead atoms. The Morgan fingerprint density at radius 3 is 2.86 bits per heavy atom. The standard InChI is InChI=1S/C17H23NO3/c1-12(19)18-10-13-6-5-9-17(20,15(13)11-18)14-7-3-4-8-16(14)21-2/h3-4,7-8,13,15,20H,5-6,9-11H2,1-2H3/t13-,15-,17-/m1/s1. The van der Waals surface area contributed by atoms with E-state index in [4.69, 9.17) is 4.74 Å². The van der Waals surface area contributed by atoms with Gasteiger partial charge in [0.2, 0.25) is 5.91 Å². The third-order valence-electron chi connectivity index (χ3n) is 5.21. The first-order chi connectivity index (χ1) is 10.1. The second-order valence-electron chi connectivity index (χ2n) is 6.31. The van der Waals surface area contributed by atoms with E-state index in [0.717, 1.165) is 37.1 Å². The van der Waals surface area contributed by atoms with Gasteiger partial charge in [-0.2, -0.15) is 0 Å². The second-order valence-corrected chi connectivity index (χ2v) is 6.31. The van der Waals surface area contributed by atoms with Gasteiger partial charge in [-0.3, -0.25) is 4.79 Å². The summed E-state index contributed by atoms with van der Waals surface area (Å²) in [6.07, 6.45) is 2.81. The highest BCUT2D eigenvalue weighted by atomic mass is 16.5. The van der Waals surface area contributed by atoms with Crippen LogP contribution in [0.25, 0.3) is 0 Å².